The van der Waals surface area contributed by atoms with Crippen LogP contribution in [0.15, 0.2) is 30.5 Å². The standard InChI is InChI=1S/C18H24N4O3.ClH/c1-25-17(23)12-21-6-8-22(9-7-21)18(24)15(19)10-13-11-20-16-5-3-2-4-14(13)16;/h2-5,11,15,20H,6-10,12,19H2,1H3;1H/t15-;/m0./s1. The number of para-hydroxylation sites is 1. The number of aromatic nitrogens is 1. The Hall–Kier alpha value is -2.09. The molecule has 1 aromatic carbocycles. The summed E-state index contributed by atoms with van der Waals surface area (Å²) in [4.78, 5) is 30.9. The molecule has 1 aliphatic heterocycles. The van der Waals surface area contributed by atoms with Crippen molar-refractivity contribution in [2.75, 3.05) is 39.8 Å². The van der Waals surface area contributed by atoms with Gasteiger partial charge in [0.25, 0.3) is 0 Å². The van der Waals surface area contributed by atoms with Crippen molar-refractivity contribution in [3.05, 3.63) is 36.0 Å². The van der Waals surface area contributed by atoms with Crippen LogP contribution in [-0.2, 0) is 20.7 Å². The van der Waals surface area contributed by atoms with Crippen molar-refractivity contribution in [1.82, 2.24) is 14.8 Å². The molecule has 0 unspecified atom stereocenters. The molecule has 3 rings (SSSR count). The SMILES string of the molecule is COC(=O)CN1CCN(C(=O)[C@@H](N)Cc2c[nH]c3ccccc23)CC1.Cl. The smallest absolute Gasteiger partial charge is 0.319 e. The minimum atomic E-state index is -0.564. The Morgan fingerprint density at radius 2 is 1.92 bits per heavy atom. The Morgan fingerprint density at radius 1 is 1.23 bits per heavy atom. The lowest BCUT2D eigenvalue weighted by atomic mass is 10.0. The number of H-pyrrole nitrogens is 1. The van der Waals surface area contributed by atoms with Crippen LogP contribution in [0, 0.1) is 0 Å². The fourth-order valence-electron chi connectivity index (χ4n) is 3.23. The number of aromatic amines is 1. The van der Waals surface area contributed by atoms with Crippen LogP contribution in [0.1, 0.15) is 5.56 Å². The number of carbonyl (C=O) groups excluding carboxylic acids is 2. The van der Waals surface area contributed by atoms with E-state index in [2.05, 4.69) is 9.72 Å². The van der Waals surface area contributed by atoms with Crippen LogP contribution >= 0.6 is 12.4 Å². The zero-order valence-electron chi connectivity index (χ0n) is 14.8. The molecule has 1 aromatic heterocycles. The second-order valence-corrected chi connectivity index (χ2v) is 6.35. The molecule has 26 heavy (non-hydrogen) atoms. The highest BCUT2D eigenvalue weighted by Crippen LogP contribution is 2.19. The number of benzene rings is 1. The second kappa shape index (κ2) is 9.02. The Morgan fingerprint density at radius 3 is 2.62 bits per heavy atom. The monoisotopic (exact) mass is 380 g/mol. The number of amides is 1. The number of piperazine rings is 1. The fourth-order valence-corrected chi connectivity index (χ4v) is 3.23. The number of esters is 1. The topological polar surface area (TPSA) is 91.7 Å². The molecule has 3 N–H and O–H groups in total. The van der Waals surface area contributed by atoms with E-state index < -0.39 is 6.04 Å². The highest BCUT2D eigenvalue weighted by Gasteiger charge is 2.26. The van der Waals surface area contributed by atoms with Crippen LogP contribution in [0.2, 0.25) is 0 Å². The van der Waals surface area contributed by atoms with Crippen molar-refractivity contribution in [3.63, 3.8) is 0 Å². The second-order valence-electron chi connectivity index (χ2n) is 6.35. The summed E-state index contributed by atoms with van der Waals surface area (Å²) in [6.07, 6.45) is 2.43. The molecule has 1 atom stereocenters. The Balaban J connectivity index is 0.00000243. The van der Waals surface area contributed by atoms with Gasteiger partial charge in [0.05, 0.1) is 19.7 Å². The van der Waals surface area contributed by atoms with E-state index in [0.29, 0.717) is 32.6 Å². The number of ether oxygens (including phenoxy) is 1. The average molecular weight is 381 g/mol. The number of nitrogens with two attached hydrogens (primary N) is 1. The molecule has 1 aliphatic rings. The highest BCUT2D eigenvalue weighted by molar-refractivity contribution is 5.86. The number of fused-ring (bicyclic) bond motifs is 1. The molecule has 0 radical (unpaired) electrons. The lowest BCUT2D eigenvalue weighted by Crippen LogP contribution is -2.54. The minimum absolute atomic E-state index is 0. The van der Waals surface area contributed by atoms with Crippen molar-refractivity contribution < 1.29 is 14.3 Å². The molecule has 2 heterocycles. The van der Waals surface area contributed by atoms with Crippen LogP contribution in [-0.4, -0.2) is 72.5 Å². The first-order valence-corrected chi connectivity index (χ1v) is 8.47. The van der Waals surface area contributed by atoms with Crippen LogP contribution in [0.4, 0.5) is 0 Å². The molecule has 0 aliphatic carbocycles. The molecule has 1 saturated heterocycles. The summed E-state index contributed by atoms with van der Waals surface area (Å²) in [5.74, 6) is -0.293. The van der Waals surface area contributed by atoms with Gasteiger partial charge in [0, 0.05) is 43.3 Å². The maximum absolute atomic E-state index is 12.6. The van der Waals surface area contributed by atoms with Crippen molar-refractivity contribution in [3.8, 4) is 0 Å². The number of nitrogens with one attached hydrogen (secondary N) is 1. The number of nitrogens with zero attached hydrogens (tertiary/aromatic N) is 2. The van der Waals surface area contributed by atoms with Crippen molar-refractivity contribution in [1.29, 1.82) is 0 Å². The maximum atomic E-state index is 12.6. The zero-order chi connectivity index (χ0) is 17.8. The third-order valence-corrected chi connectivity index (χ3v) is 4.70. The molecule has 0 spiro atoms. The van der Waals surface area contributed by atoms with E-state index in [0.717, 1.165) is 16.5 Å². The van der Waals surface area contributed by atoms with E-state index in [1.54, 1.807) is 4.90 Å². The van der Waals surface area contributed by atoms with Gasteiger partial charge in [-0.05, 0) is 18.1 Å². The van der Waals surface area contributed by atoms with Gasteiger partial charge in [0.2, 0.25) is 5.91 Å². The maximum Gasteiger partial charge on any atom is 0.319 e. The molecular weight excluding hydrogens is 356 g/mol. The fraction of sp³-hybridized carbons (Fsp3) is 0.444. The molecule has 2 aromatic rings. The predicted molar refractivity (Wildman–Crippen MR) is 102 cm³/mol. The first-order chi connectivity index (χ1) is 12.1. The van der Waals surface area contributed by atoms with Gasteiger partial charge in [0.15, 0.2) is 0 Å². The summed E-state index contributed by atoms with van der Waals surface area (Å²) in [6.45, 7) is 2.73. The molecule has 0 saturated carbocycles. The van der Waals surface area contributed by atoms with Gasteiger partial charge in [0.1, 0.15) is 0 Å². The first-order valence-electron chi connectivity index (χ1n) is 8.47. The van der Waals surface area contributed by atoms with Crippen molar-refractivity contribution >= 4 is 35.2 Å². The van der Waals surface area contributed by atoms with Crippen LogP contribution < -0.4 is 5.73 Å². The molecule has 142 valence electrons. The zero-order valence-corrected chi connectivity index (χ0v) is 15.6. The van der Waals surface area contributed by atoms with E-state index in [1.807, 2.05) is 35.4 Å². The Kier molecular flexibility index (Phi) is 7.02. The minimum Gasteiger partial charge on any atom is -0.468 e. The highest BCUT2D eigenvalue weighted by atomic mass is 35.5. The number of rotatable bonds is 5. The van der Waals surface area contributed by atoms with Crippen LogP contribution in [0.5, 0.6) is 0 Å². The number of methoxy groups -OCH3 is 1. The van der Waals surface area contributed by atoms with E-state index in [9.17, 15) is 9.59 Å². The molecule has 1 amide bonds. The molecule has 1 fully saturated rings. The van der Waals surface area contributed by atoms with Gasteiger partial charge in [-0.1, -0.05) is 18.2 Å². The van der Waals surface area contributed by atoms with E-state index >= 15 is 0 Å². The van der Waals surface area contributed by atoms with Crippen molar-refractivity contribution in [2.45, 2.75) is 12.5 Å². The van der Waals surface area contributed by atoms with Crippen LogP contribution in [0.3, 0.4) is 0 Å². The molecular formula is C18H25ClN4O3. The number of hydrogen-bond donors (Lipinski definition) is 2. The summed E-state index contributed by atoms with van der Waals surface area (Å²) in [7, 11) is 1.38. The van der Waals surface area contributed by atoms with E-state index in [-0.39, 0.29) is 30.8 Å². The number of hydrogen-bond acceptors (Lipinski definition) is 5. The third-order valence-electron chi connectivity index (χ3n) is 4.70. The van der Waals surface area contributed by atoms with Gasteiger partial charge in [-0.2, -0.15) is 0 Å². The normalized spacial score (nSPS) is 16.2. The molecule has 0 bridgehead atoms. The number of carbonyl (C=O) groups is 2. The first kappa shape index (κ1) is 20.2. The number of halogens is 1. The summed E-state index contributed by atoms with van der Waals surface area (Å²) in [5.41, 5.74) is 8.28. The molecule has 7 nitrogen and oxygen atoms in total. The summed E-state index contributed by atoms with van der Waals surface area (Å²) >= 11 is 0. The van der Waals surface area contributed by atoms with E-state index in [4.69, 9.17) is 5.73 Å². The van der Waals surface area contributed by atoms with Gasteiger partial charge in [-0.25, -0.2) is 0 Å². The Bertz CT molecular complexity index is 756. The summed E-state index contributed by atoms with van der Waals surface area (Å²) in [6, 6.07) is 7.43. The lowest BCUT2D eigenvalue weighted by Gasteiger charge is -2.35. The van der Waals surface area contributed by atoms with Gasteiger partial charge in [-0.15, -0.1) is 12.4 Å². The van der Waals surface area contributed by atoms with Gasteiger partial charge in [-0.3, -0.25) is 14.5 Å². The predicted octanol–water partition coefficient (Wildman–Crippen LogP) is 0.777. The average Bonchev–Trinajstić information content (AvgIpc) is 3.04. The quantitative estimate of drug-likeness (QED) is 0.748. The molecule has 8 heteroatoms. The lowest BCUT2D eigenvalue weighted by molar-refractivity contribution is -0.142. The van der Waals surface area contributed by atoms with Crippen molar-refractivity contribution in [2.24, 2.45) is 5.73 Å². The Labute approximate surface area is 158 Å². The third kappa shape index (κ3) is 4.55. The largest absolute Gasteiger partial charge is 0.468 e. The summed E-state index contributed by atoms with van der Waals surface area (Å²) < 4.78 is 4.68. The van der Waals surface area contributed by atoms with Gasteiger partial charge < -0.3 is 20.4 Å². The van der Waals surface area contributed by atoms with Crippen LogP contribution in [0.25, 0.3) is 10.9 Å². The van der Waals surface area contributed by atoms with Gasteiger partial charge >= 0.3 is 5.97 Å². The van der Waals surface area contributed by atoms with E-state index in [1.165, 1.54) is 7.11 Å². The summed E-state index contributed by atoms with van der Waals surface area (Å²) in [5, 5.41) is 1.11.